The fourth-order valence-corrected chi connectivity index (χ4v) is 2.95. The van der Waals surface area contributed by atoms with Gasteiger partial charge in [0, 0.05) is 19.5 Å². The Morgan fingerprint density at radius 1 is 1.25 bits per heavy atom. The first-order valence-electron chi connectivity index (χ1n) is 8.71. The van der Waals surface area contributed by atoms with Crippen LogP contribution >= 0.6 is 0 Å². The molecule has 0 spiro atoms. The van der Waals surface area contributed by atoms with Crippen molar-refractivity contribution in [1.82, 2.24) is 5.32 Å². The van der Waals surface area contributed by atoms with E-state index in [1.165, 1.54) is 0 Å². The summed E-state index contributed by atoms with van der Waals surface area (Å²) in [5, 5.41) is 3.16. The minimum atomic E-state index is -0.186. The molecule has 2 aliphatic heterocycles. The topological polar surface area (TPSA) is 64.6 Å². The Morgan fingerprint density at radius 2 is 1.96 bits per heavy atom. The third kappa shape index (κ3) is 5.14. The molecule has 2 unspecified atom stereocenters. The second kappa shape index (κ2) is 9.55. The zero-order valence-corrected chi connectivity index (χ0v) is 14.5. The van der Waals surface area contributed by atoms with Crippen molar-refractivity contribution in [3.8, 4) is 5.75 Å². The van der Waals surface area contributed by atoms with E-state index < -0.39 is 0 Å². The van der Waals surface area contributed by atoms with Gasteiger partial charge in [-0.2, -0.15) is 0 Å². The molecule has 0 bridgehead atoms. The predicted molar refractivity (Wildman–Crippen MR) is 92.6 cm³/mol. The highest BCUT2D eigenvalue weighted by Gasteiger charge is 2.35. The van der Waals surface area contributed by atoms with Gasteiger partial charge in [0.05, 0.1) is 24.7 Å². The van der Waals surface area contributed by atoms with Crippen molar-refractivity contribution in [2.24, 2.45) is 5.92 Å². The molecule has 0 aliphatic carbocycles. The van der Waals surface area contributed by atoms with Crippen LogP contribution in [-0.4, -0.2) is 44.0 Å². The smallest absolute Gasteiger partial charge is 0.173 e. The van der Waals surface area contributed by atoms with Gasteiger partial charge in [-0.1, -0.05) is 19.1 Å². The van der Waals surface area contributed by atoms with E-state index in [0.717, 1.165) is 32.7 Å². The van der Waals surface area contributed by atoms with Crippen LogP contribution < -0.4 is 10.1 Å². The molecule has 0 amide bonds. The van der Waals surface area contributed by atoms with Crippen molar-refractivity contribution < 1.29 is 19.1 Å². The summed E-state index contributed by atoms with van der Waals surface area (Å²) in [6.07, 6.45) is 1.70. The van der Waals surface area contributed by atoms with Crippen LogP contribution in [0.2, 0.25) is 0 Å². The zero-order valence-electron chi connectivity index (χ0n) is 14.5. The number of Topliss-reactive ketones (excluding diaryl/α,β-unsaturated/α-hetero) is 2. The Bertz CT molecular complexity index is 543. The van der Waals surface area contributed by atoms with Crippen molar-refractivity contribution in [2.75, 3.05) is 26.3 Å². The van der Waals surface area contributed by atoms with Crippen LogP contribution in [0.1, 0.15) is 43.5 Å². The van der Waals surface area contributed by atoms with E-state index in [2.05, 4.69) is 5.32 Å². The van der Waals surface area contributed by atoms with E-state index in [4.69, 9.17) is 9.47 Å². The Morgan fingerprint density at radius 3 is 2.50 bits per heavy atom. The number of rotatable bonds is 4. The van der Waals surface area contributed by atoms with Crippen molar-refractivity contribution in [3.05, 3.63) is 29.8 Å². The fourth-order valence-electron chi connectivity index (χ4n) is 2.95. The van der Waals surface area contributed by atoms with E-state index in [9.17, 15) is 9.59 Å². The first-order chi connectivity index (χ1) is 11.6. The second-order valence-electron chi connectivity index (χ2n) is 6.13. The standard InChI is InChI=1S/C15H18O3.C4H9NO/c1-3-13-12(9-8-10(2)16)15(17)11-6-4-5-7-14(11)18-13;1-3-6-4-2-5-1/h4-7,12-13H,3,8-9H2,1-2H3;5H,1-4H2. The molecule has 0 saturated carbocycles. The summed E-state index contributed by atoms with van der Waals surface area (Å²) in [5.74, 6) is 0.726. The molecule has 1 N–H and O–H groups in total. The molecule has 2 aliphatic rings. The first-order valence-corrected chi connectivity index (χ1v) is 8.71. The quantitative estimate of drug-likeness (QED) is 0.917. The maximum atomic E-state index is 12.4. The Labute approximate surface area is 143 Å². The Hall–Kier alpha value is -1.72. The lowest BCUT2D eigenvalue weighted by Gasteiger charge is -2.31. The number of ketones is 2. The van der Waals surface area contributed by atoms with E-state index in [0.29, 0.717) is 24.2 Å². The molecule has 5 heteroatoms. The largest absolute Gasteiger partial charge is 0.489 e. The van der Waals surface area contributed by atoms with Crippen LogP contribution in [-0.2, 0) is 9.53 Å². The van der Waals surface area contributed by atoms with E-state index in [-0.39, 0.29) is 23.6 Å². The van der Waals surface area contributed by atoms with Crippen LogP contribution in [0.25, 0.3) is 0 Å². The van der Waals surface area contributed by atoms with Crippen molar-refractivity contribution in [2.45, 2.75) is 39.2 Å². The molecule has 1 aromatic carbocycles. The first kappa shape index (κ1) is 18.6. The van der Waals surface area contributed by atoms with Gasteiger partial charge in [-0.15, -0.1) is 0 Å². The van der Waals surface area contributed by atoms with Gasteiger partial charge < -0.3 is 19.6 Å². The molecular formula is C19H27NO4. The second-order valence-corrected chi connectivity index (χ2v) is 6.13. The predicted octanol–water partition coefficient (Wildman–Crippen LogP) is 2.63. The molecule has 3 rings (SSSR count). The lowest BCUT2D eigenvalue weighted by atomic mass is 9.84. The molecule has 132 valence electrons. The van der Waals surface area contributed by atoms with E-state index in [1.807, 2.05) is 25.1 Å². The number of nitrogens with one attached hydrogen (secondary N) is 1. The van der Waals surface area contributed by atoms with Crippen molar-refractivity contribution in [1.29, 1.82) is 0 Å². The molecule has 2 heterocycles. The number of morpholine rings is 1. The average molecular weight is 333 g/mol. The number of benzene rings is 1. The molecule has 0 radical (unpaired) electrons. The van der Waals surface area contributed by atoms with Gasteiger partial charge in [-0.05, 0) is 31.9 Å². The summed E-state index contributed by atoms with van der Waals surface area (Å²) in [6.45, 7) is 7.40. The minimum absolute atomic E-state index is 0.105. The summed E-state index contributed by atoms with van der Waals surface area (Å²) in [5.41, 5.74) is 0.649. The lowest BCUT2D eigenvalue weighted by Crippen LogP contribution is -2.37. The Kier molecular flexibility index (Phi) is 7.40. The van der Waals surface area contributed by atoms with Gasteiger partial charge in [0.2, 0.25) is 0 Å². The third-order valence-corrected chi connectivity index (χ3v) is 4.27. The lowest BCUT2D eigenvalue weighted by molar-refractivity contribution is -0.117. The average Bonchev–Trinajstić information content (AvgIpc) is 2.62. The van der Waals surface area contributed by atoms with Crippen LogP contribution in [0.4, 0.5) is 0 Å². The highest BCUT2D eigenvalue weighted by atomic mass is 16.5. The number of para-hydroxylation sites is 1. The van der Waals surface area contributed by atoms with E-state index >= 15 is 0 Å². The molecule has 1 saturated heterocycles. The maximum Gasteiger partial charge on any atom is 0.173 e. The number of carbonyl (C=O) groups excluding carboxylic acids is 2. The minimum Gasteiger partial charge on any atom is -0.489 e. The number of fused-ring (bicyclic) bond motifs is 1. The summed E-state index contributed by atoms with van der Waals surface area (Å²) in [7, 11) is 0. The van der Waals surface area contributed by atoms with Gasteiger partial charge in [0.25, 0.3) is 0 Å². The monoisotopic (exact) mass is 333 g/mol. The van der Waals surface area contributed by atoms with Crippen LogP contribution in [0.5, 0.6) is 5.75 Å². The fraction of sp³-hybridized carbons (Fsp3) is 0.579. The van der Waals surface area contributed by atoms with Gasteiger partial charge in [0.1, 0.15) is 17.6 Å². The zero-order chi connectivity index (χ0) is 17.4. The van der Waals surface area contributed by atoms with Crippen LogP contribution in [0, 0.1) is 5.92 Å². The van der Waals surface area contributed by atoms with Crippen molar-refractivity contribution in [3.63, 3.8) is 0 Å². The number of hydrogen-bond donors (Lipinski definition) is 1. The molecule has 24 heavy (non-hydrogen) atoms. The highest BCUT2D eigenvalue weighted by molar-refractivity contribution is 6.01. The summed E-state index contributed by atoms with van der Waals surface area (Å²) in [6, 6.07) is 7.34. The summed E-state index contributed by atoms with van der Waals surface area (Å²) in [4.78, 5) is 23.5. The van der Waals surface area contributed by atoms with Crippen LogP contribution in [0.3, 0.4) is 0 Å². The van der Waals surface area contributed by atoms with Crippen molar-refractivity contribution >= 4 is 11.6 Å². The summed E-state index contributed by atoms with van der Waals surface area (Å²) >= 11 is 0. The number of ether oxygens (including phenoxy) is 2. The molecule has 2 atom stereocenters. The number of carbonyl (C=O) groups is 2. The molecular weight excluding hydrogens is 306 g/mol. The van der Waals surface area contributed by atoms with E-state index in [1.54, 1.807) is 13.0 Å². The normalized spacial score (nSPS) is 22.7. The van der Waals surface area contributed by atoms with Gasteiger partial charge in [-0.25, -0.2) is 0 Å². The SMILES string of the molecule is C1COCCN1.CCC1Oc2ccccc2C(=O)C1CCC(C)=O. The van der Waals surface area contributed by atoms with Gasteiger partial charge in [0.15, 0.2) is 5.78 Å². The molecule has 1 aromatic rings. The van der Waals surface area contributed by atoms with Gasteiger partial charge >= 0.3 is 0 Å². The van der Waals surface area contributed by atoms with Crippen LogP contribution in [0.15, 0.2) is 24.3 Å². The molecule has 5 nitrogen and oxygen atoms in total. The molecule has 1 fully saturated rings. The maximum absolute atomic E-state index is 12.4. The Balaban J connectivity index is 0.000000292. The van der Waals surface area contributed by atoms with Gasteiger partial charge in [-0.3, -0.25) is 4.79 Å². The molecule has 0 aromatic heterocycles. The summed E-state index contributed by atoms with van der Waals surface area (Å²) < 4.78 is 10.9. The number of hydrogen-bond acceptors (Lipinski definition) is 5. The highest BCUT2D eigenvalue weighted by Crippen LogP contribution is 2.34. The third-order valence-electron chi connectivity index (χ3n) is 4.27.